The molecule has 2 aromatic rings. The first-order valence-electron chi connectivity index (χ1n) is 12.0. The van der Waals surface area contributed by atoms with Gasteiger partial charge in [0.15, 0.2) is 0 Å². The second-order valence-electron chi connectivity index (χ2n) is 9.67. The van der Waals surface area contributed by atoms with E-state index in [2.05, 4.69) is 31.8 Å². The molecule has 184 valence electrons. The number of pyridine rings is 1. The predicted octanol–water partition coefficient (Wildman–Crippen LogP) is 7.67. The van der Waals surface area contributed by atoms with Crippen LogP contribution in [0.25, 0.3) is 17.2 Å². The van der Waals surface area contributed by atoms with Gasteiger partial charge >= 0.3 is 12.1 Å². The van der Waals surface area contributed by atoms with Crippen molar-refractivity contribution in [2.75, 3.05) is 0 Å². The number of benzene rings is 1. The van der Waals surface area contributed by atoms with Gasteiger partial charge in [0, 0.05) is 11.8 Å². The molecule has 1 aromatic carbocycles. The number of esters is 1. The molecule has 34 heavy (non-hydrogen) atoms. The minimum atomic E-state index is -4.38. The Balaban J connectivity index is 1.84. The van der Waals surface area contributed by atoms with Gasteiger partial charge in [-0.1, -0.05) is 58.4 Å². The van der Waals surface area contributed by atoms with E-state index in [1.165, 1.54) is 6.07 Å². The SMILES string of the molecule is CCC1[C@@H](C)C[C@H](C)C(=O)O[C@H](C)[C@H](C)[C@H]1/C=C/c1ccc(-c2cccc(C(F)(F)F)c2)cn1. The first-order chi connectivity index (χ1) is 16.0. The number of halogens is 3. The summed E-state index contributed by atoms with van der Waals surface area (Å²) in [7, 11) is 0. The summed E-state index contributed by atoms with van der Waals surface area (Å²) in [6.07, 6.45) is 2.97. The molecular formula is C28H34F3NO2. The number of carbonyl (C=O) groups is 1. The Morgan fingerprint density at radius 1 is 1.09 bits per heavy atom. The van der Waals surface area contributed by atoms with Gasteiger partial charge in [0.1, 0.15) is 6.10 Å². The highest BCUT2D eigenvalue weighted by Crippen LogP contribution is 2.39. The molecule has 3 rings (SSSR count). The number of allylic oxidation sites excluding steroid dienone is 1. The van der Waals surface area contributed by atoms with Gasteiger partial charge in [-0.3, -0.25) is 9.78 Å². The topological polar surface area (TPSA) is 39.2 Å². The van der Waals surface area contributed by atoms with Crippen molar-refractivity contribution in [2.24, 2.45) is 29.6 Å². The molecule has 6 atom stereocenters. The lowest BCUT2D eigenvalue weighted by Crippen LogP contribution is -2.31. The molecule has 0 spiro atoms. The van der Waals surface area contributed by atoms with E-state index in [1.54, 1.807) is 18.3 Å². The smallest absolute Gasteiger partial charge is 0.416 e. The van der Waals surface area contributed by atoms with Crippen LogP contribution in [-0.2, 0) is 15.7 Å². The maximum atomic E-state index is 13.0. The number of hydrogen-bond donors (Lipinski definition) is 0. The quantitative estimate of drug-likeness (QED) is 0.428. The molecule has 1 fully saturated rings. The Bertz CT molecular complexity index is 999. The van der Waals surface area contributed by atoms with Crippen LogP contribution in [0.2, 0.25) is 0 Å². The van der Waals surface area contributed by atoms with E-state index in [9.17, 15) is 18.0 Å². The highest BCUT2D eigenvalue weighted by molar-refractivity contribution is 5.72. The molecule has 2 heterocycles. The average Bonchev–Trinajstić information content (AvgIpc) is 2.82. The first kappa shape index (κ1) is 26.0. The predicted molar refractivity (Wildman–Crippen MR) is 129 cm³/mol. The Labute approximate surface area is 200 Å². The number of carbonyl (C=O) groups excluding carboxylic acids is 1. The fraction of sp³-hybridized carbons (Fsp3) is 0.500. The van der Waals surface area contributed by atoms with E-state index in [4.69, 9.17) is 4.74 Å². The molecule has 1 aromatic heterocycles. The number of hydrogen-bond acceptors (Lipinski definition) is 3. The Morgan fingerprint density at radius 2 is 1.82 bits per heavy atom. The number of rotatable bonds is 4. The lowest BCUT2D eigenvalue weighted by atomic mass is 9.71. The second kappa shape index (κ2) is 10.7. The summed E-state index contributed by atoms with van der Waals surface area (Å²) in [5.74, 6) is 0.866. The summed E-state index contributed by atoms with van der Waals surface area (Å²) in [6, 6.07) is 8.88. The molecule has 0 N–H and O–H groups in total. The van der Waals surface area contributed by atoms with E-state index in [0.717, 1.165) is 30.7 Å². The van der Waals surface area contributed by atoms with Gasteiger partial charge in [-0.2, -0.15) is 13.2 Å². The maximum absolute atomic E-state index is 13.0. The van der Waals surface area contributed by atoms with E-state index in [-0.39, 0.29) is 29.8 Å². The molecule has 0 saturated carbocycles. The summed E-state index contributed by atoms with van der Waals surface area (Å²) in [6.45, 7) is 10.4. The normalized spacial score (nSPS) is 28.8. The summed E-state index contributed by atoms with van der Waals surface area (Å²) < 4.78 is 44.9. The van der Waals surface area contributed by atoms with E-state index >= 15 is 0 Å². The van der Waals surface area contributed by atoms with Gasteiger partial charge in [-0.05, 0) is 66.9 Å². The third-order valence-electron chi connectivity index (χ3n) is 7.27. The van der Waals surface area contributed by atoms with Crippen molar-refractivity contribution < 1.29 is 22.7 Å². The second-order valence-corrected chi connectivity index (χ2v) is 9.67. The largest absolute Gasteiger partial charge is 0.462 e. The molecule has 6 heteroatoms. The van der Waals surface area contributed by atoms with Gasteiger partial charge < -0.3 is 4.74 Å². The minimum Gasteiger partial charge on any atom is -0.462 e. The molecule has 1 unspecified atom stereocenters. The third-order valence-corrected chi connectivity index (χ3v) is 7.27. The fourth-order valence-electron chi connectivity index (χ4n) is 5.07. The molecule has 3 nitrogen and oxygen atoms in total. The third kappa shape index (κ3) is 6.08. The van der Waals surface area contributed by atoms with Crippen LogP contribution in [0, 0.1) is 29.6 Å². The van der Waals surface area contributed by atoms with E-state index < -0.39 is 11.7 Å². The number of nitrogens with zero attached hydrogens (tertiary/aromatic N) is 1. The van der Waals surface area contributed by atoms with Crippen LogP contribution in [0.5, 0.6) is 0 Å². The number of aromatic nitrogens is 1. The van der Waals surface area contributed by atoms with Crippen molar-refractivity contribution in [2.45, 2.75) is 59.7 Å². The summed E-state index contributed by atoms with van der Waals surface area (Å²) in [4.78, 5) is 16.9. The monoisotopic (exact) mass is 473 g/mol. The number of ether oxygens (including phenoxy) is 1. The highest BCUT2D eigenvalue weighted by Gasteiger charge is 2.36. The number of alkyl halides is 3. The molecule has 0 radical (unpaired) electrons. The lowest BCUT2D eigenvalue weighted by Gasteiger charge is -2.34. The van der Waals surface area contributed by atoms with Crippen LogP contribution in [0.3, 0.4) is 0 Å². The Morgan fingerprint density at radius 3 is 2.44 bits per heavy atom. The molecule has 0 amide bonds. The van der Waals surface area contributed by atoms with Crippen molar-refractivity contribution in [3.8, 4) is 11.1 Å². The number of cyclic esters (lactones) is 1. The van der Waals surface area contributed by atoms with E-state index in [1.807, 2.05) is 26.0 Å². The maximum Gasteiger partial charge on any atom is 0.416 e. The van der Waals surface area contributed by atoms with E-state index in [0.29, 0.717) is 23.0 Å². The highest BCUT2D eigenvalue weighted by atomic mass is 19.4. The van der Waals surface area contributed by atoms with Crippen LogP contribution in [0.15, 0.2) is 48.7 Å². The van der Waals surface area contributed by atoms with Gasteiger partial charge in [0.2, 0.25) is 0 Å². The van der Waals surface area contributed by atoms with Crippen LogP contribution < -0.4 is 0 Å². The van der Waals surface area contributed by atoms with Crippen molar-refractivity contribution in [3.05, 3.63) is 59.9 Å². The van der Waals surface area contributed by atoms with Crippen molar-refractivity contribution in [1.29, 1.82) is 0 Å². The van der Waals surface area contributed by atoms with Crippen LogP contribution in [0.1, 0.15) is 58.7 Å². The lowest BCUT2D eigenvalue weighted by molar-refractivity contribution is -0.155. The Kier molecular flexibility index (Phi) is 8.21. The summed E-state index contributed by atoms with van der Waals surface area (Å²) >= 11 is 0. The van der Waals surface area contributed by atoms with Gasteiger partial charge in [-0.25, -0.2) is 0 Å². The summed E-state index contributed by atoms with van der Waals surface area (Å²) in [5, 5.41) is 0. The molecule has 0 aliphatic carbocycles. The van der Waals surface area contributed by atoms with Crippen LogP contribution in [-0.4, -0.2) is 17.1 Å². The Hall–Kier alpha value is -2.63. The zero-order chi connectivity index (χ0) is 25.0. The van der Waals surface area contributed by atoms with Crippen LogP contribution >= 0.6 is 0 Å². The average molecular weight is 474 g/mol. The molecular weight excluding hydrogens is 439 g/mol. The summed E-state index contributed by atoms with van der Waals surface area (Å²) in [5.41, 5.74) is 1.18. The first-order valence-corrected chi connectivity index (χ1v) is 12.0. The zero-order valence-electron chi connectivity index (χ0n) is 20.5. The zero-order valence-corrected chi connectivity index (χ0v) is 20.5. The molecule has 1 aliphatic rings. The van der Waals surface area contributed by atoms with Gasteiger partial charge in [-0.15, -0.1) is 0 Å². The molecule has 1 aliphatic heterocycles. The van der Waals surface area contributed by atoms with Gasteiger partial charge in [0.05, 0.1) is 17.2 Å². The molecule has 0 bridgehead atoms. The fourth-order valence-corrected chi connectivity index (χ4v) is 5.07. The molecule has 1 saturated heterocycles. The van der Waals surface area contributed by atoms with Crippen molar-refractivity contribution in [3.63, 3.8) is 0 Å². The standard InChI is InChI=1S/C28H34F3NO2/c1-6-25-17(2)14-18(3)27(33)34-20(5)19(4)26(25)13-12-24-11-10-22(16-32-24)21-8-7-9-23(15-21)28(29,30)31/h7-13,15-20,25-26H,6,14H2,1-5H3/b13-12+/t17-,18-,19-,20+,25?,26+/m0/s1. The van der Waals surface area contributed by atoms with Crippen molar-refractivity contribution in [1.82, 2.24) is 4.98 Å². The van der Waals surface area contributed by atoms with Gasteiger partial charge in [0.25, 0.3) is 0 Å². The minimum absolute atomic E-state index is 0.119. The van der Waals surface area contributed by atoms with Crippen LogP contribution in [0.4, 0.5) is 13.2 Å². The van der Waals surface area contributed by atoms with Crippen molar-refractivity contribution >= 4 is 12.0 Å².